The first-order valence-electron chi connectivity index (χ1n) is 5.96. The maximum Gasteiger partial charge on any atom is 0.121 e. The number of pyridine rings is 1. The van der Waals surface area contributed by atoms with Crippen LogP contribution in [0.4, 0.5) is 5.69 Å². The Morgan fingerprint density at radius 3 is 2.89 bits per heavy atom. The minimum atomic E-state index is 0.604. The molecule has 2 rings (SSSR count). The van der Waals surface area contributed by atoms with Crippen LogP contribution in [0.1, 0.15) is 16.7 Å². The van der Waals surface area contributed by atoms with Gasteiger partial charge >= 0.3 is 0 Å². The molecule has 0 bridgehead atoms. The lowest BCUT2D eigenvalue weighted by atomic mass is 10.1. The molecular weight excluding hydrogens is 238 g/mol. The van der Waals surface area contributed by atoms with Gasteiger partial charge in [-0.25, -0.2) is 0 Å². The third-order valence-electron chi connectivity index (χ3n) is 2.95. The molecule has 0 aliphatic rings. The van der Waals surface area contributed by atoms with Gasteiger partial charge in [0.05, 0.1) is 18.4 Å². The minimum absolute atomic E-state index is 0.604. The van der Waals surface area contributed by atoms with Crippen LogP contribution in [0.5, 0.6) is 5.75 Å². The summed E-state index contributed by atoms with van der Waals surface area (Å²) in [6.45, 7) is 2.66. The van der Waals surface area contributed by atoms with Crippen LogP contribution < -0.4 is 10.1 Å². The molecule has 1 aromatic carbocycles. The summed E-state index contributed by atoms with van der Waals surface area (Å²) in [4.78, 5) is 4.06. The van der Waals surface area contributed by atoms with E-state index in [9.17, 15) is 0 Å². The second kappa shape index (κ2) is 5.87. The molecule has 0 radical (unpaired) electrons. The number of methoxy groups -OCH3 is 1. The van der Waals surface area contributed by atoms with Gasteiger partial charge in [0.1, 0.15) is 11.8 Å². The maximum absolute atomic E-state index is 9.09. The number of nitrogens with one attached hydrogen (secondary N) is 1. The molecule has 0 fully saturated rings. The van der Waals surface area contributed by atoms with E-state index in [2.05, 4.69) is 16.4 Å². The summed E-state index contributed by atoms with van der Waals surface area (Å²) in [7, 11) is 1.61. The molecule has 1 heterocycles. The SMILES string of the molecule is COc1ccc(C#N)c(NCc2ccncc2C)c1. The Labute approximate surface area is 112 Å². The molecule has 96 valence electrons. The number of ether oxygens (including phenoxy) is 1. The summed E-state index contributed by atoms with van der Waals surface area (Å²) in [5.74, 6) is 0.730. The van der Waals surface area contributed by atoms with Crippen molar-refractivity contribution in [3.8, 4) is 11.8 Å². The monoisotopic (exact) mass is 253 g/mol. The number of nitriles is 1. The van der Waals surface area contributed by atoms with Gasteiger partial charge in [-0.15, -0.1) is 0 Å². The summed E-state index contributed by atoms with van der Waals surface area (Å²) < 4.78 is 5.17. The minimum Gasteiger partial charge on any atom is -0.497 e. The molecule has 19 heavy (non-hydrogen) atoms. The summed E-state index contributed by atoms with van der Waals surface area (Å²) >= 11 is 0. The number of aryl methyl sites for hydroxylation is 1. The van der Waals surface area contributed by atoms with Crippen molar-refractivity contribution < 1.29 is 4.74 Å². The van der Waals surface area contributed by atoms with Crippen LogP contribution in [0.15, 0.2) is 36.7 Å². The first kappa shape index (κ1) is 12.9. The van der Waals surface area contributed by atoms with Gasteiger partial charge in [0.2, 0.25) is 0 Å². The second-order valence-corrected chi connectivity index (χ2v) is 4.18. The third-order valence-corrected chi connectivity index (χ3v) is 2.95. The number of rotatable bonds is 4. The Morgan fingerprint density at radius 1 is 1.37 bits per heavy atom. The van der Waals surface area contributed by atoms with Crippen molar-refractivity contribution in [2.45, 2.75) is 13.5 Å². The Bertz CT molecular complexity index is 617. The van der Waals surface area contributed by atoms with Crippen LogP contribution in [-0.2, 0) is 6.54 Å². The molecule has 4 nitrogen and oxygen atoms in total. The lowest BCUT2D eigenvalue weighted by Crippen LogP contribution is -2.03. The van der Waals surface area contributed by atoms with Gasteiger partial charge in [-0.1, -0.05) is 0 Å². The summed E-state index contributed by atoms with van der Waals surface area (Å²) in [5, 5.41) is 12.4. The van der Waals surface area contributed by atoms with Crippen LogP contribution in [0, 0.1) is 18.3 Å². The first-order valence-corrected chi connectivity index (χ1v) is 5.96. The molecular formula is C15H15N3O. The predicted molar refractivity (Wildman–Crippen MR) is 74.0 cm³/mol. The van der Waals surface area contributed by atoms with Crippen LogP contribution >= 0.6 is 0 Å². The van der Waals surface area contributed by atoms with E-state index in [-0.39, 0.29) is 0 Å². The third kappa shape index (κ3) is 3.02. The fourth-order valence-corrected chi connectivity index (χ4v) is 1.79. The fourth-order valence-electron chi connectivity index (χ4n) is 1.79. The topological polar surface area (TPSA) is 57.9 Å². The Morgan fingerprint density at radius 2 is 2.21 bits per heavy atom. The molecule has 0 spiro atoms. The lowest BCUT2D eigenvalue weighted by Gasteiger charge is -2.11. The number of aromatic nitrogens is 1. The van der Waals surface area contributed by atoms with Crippen molar-refractivity contribution in [1.29, 1.82) is 5.26 Å². The van der Waals surface area contributed by atoms with E-state index in [4.69, 9.17) is 10.00 Å². The molecule has 4 heteroatoms. The number of nitrogens with zero attached hydrogens (tertiary/aromatic N) is 2. The summed E-state index contributed by atoms with van der Waals surface area (Å²) in [6, 6.07) is 9.49. The van der Waals surface area contributed by atoms with Gasteiger partial charge in [0.15, 0.2) is 0 Å². The second-order valence-electron chi connectivity index (χ2n) is 4.18. The molecule has 0 atom stereocenters. The zero-order valence-corrected chi connectivity index (χ0v) is 11.0. The Hall–Kier alpha value is -2.54. The molecule has 0 unspecified atom stereocenters. The van der Waals surface area contributed by atoms with Crippen molar-refractivity contribution >= 4 is 5.69 Å². The van der Waals surface area contributed by atoms with E-state index in [1.54, 1.807) is 25.4 Å². The molecule has 1 N–H and O–H groups in total. The highest BCUT2D eigenvalue weighted by Crippen LogP contribution is 2.22. The number of anilines is 1. The maximum atomic E-state index is 9.09. The van der Waals surface area contributed by atoms with E-state index < -0.39 is 0 Å². The number of benzene rings is 1. The zero-order chi connectivity index (χ0) is 13.7. The average molecular weight is 253 g/mol. The molecule has 0 saturated heterocycles. The van der Waals surface area contributed by atoms with Crippen molar-refractivity contribution in [2.24, 2.45) is 0 Å². The standard InChI is InChI=1S/C15H15N3O/c1-11-9-17-6-5-13(11)10-18-15-7-14(19-2)4-3-12(15)8-16/h3-7,9,18H,10H2,1-2H3. The highest BCUT2D eigenvalue weighted by Gasteiger charge is 2.04. The van der Waals surface area contributed by atoms with Gasteiger partial charge in [-0.05, 0) is 36.2 Å². The van der Waals surface area contributed by atoms with Gasteiger partial charge in [0.25, 0.3) is 0 Å². The van der Waals surface area contributed by atoms with Gasteiger partial charge < -0.3 is 10.1 Å². The highest BCUT2D eigenvalue weighted by atomic mass is 16.5. The van der Waals surface area contributed by atoms with Crippen molar-refractivity contribution in [1.82, 2.24) is 4.98 Å². The van der Waals surface area contributed by atoms with Crippen molar-refractivity contribution in [3.05, 3.63) is 53.3 Å². The van der Waals surface area contributed by atoms with Crippen LogP contribution in [0.2, 0.25) is 0 Å². The Balaban J connectivity index is 2.19. The zero-order valence-electron chi connectivity index (χ0n) is 11.0. The average Bonchev–Trinajstić information content (AvgIpc) is 2.46. The Kier molecular flexibility index (Phi) is 3.99. The van der Waals surface area contributed by atoms with Crippen molar-refractivity contribution in [2.75, 3.05) is 12.4 Å². The van der Waals surface area contributed by atoms with Crippen LogP contribution in [0.25, 0.3) is 0 Å². The highest BCUT2D eigenvalue weighted by molar-refractivity contribution is 5.60. The molecule has 0 amide bonds. The smallest absolute Gasteiger partial charge is 0.121 e. The van der Waals surface area contributed by atoms with Gasteiger partial charge in [-0.3, -0.25) is 4.98 Å². The first-order chi connectivity index (χ1) is 9.24. The quantitative estimate of drug-likeness (QED) is 0.910. The van der Waals surface area contributed by atoms with E-state index in [1.165, 1.54) is 0 Å². The van der Waals surface area contributed by atoms with E-state index in [0.29, 0.717) is 12.1 Å². The van der Waals surface area contributed by atoms with Crippen LogP contribution in [-0.4, -0.2) is 12.1 Å². The predicted octanol–water partition coefficient (Wildman–Crippen LogP) is 2.88. The molecule has 1 aromatic heterocycles. The summed E-state index contributed by atoms with van der Waals surface area (Å²) in [6.07, 6.45) is 3.59. The molecule has 0 saturated carbocycles. The molecule has 0 aliphatic heterocycles. The summed E-state index contributed by atoms with van der Waals surface area (Å²) in [5.41, 5.74) is 3.66. The van der Waals surface area contributed by atoms with E-state index in [1.807, 2.05) is 25.3 Å². The van der Waals surface area contributed by atoms with E-state index in [0.717, 1.165) is 22.6 Å². The lowest BCUT2D eigenvalue weighted by molar-refractivity contribution is 0.415. The van der Waals surface area contributed by atoms with Crippen molar-refractivity contribution in [3.63, 3.8) is 0 Å². The number of hydrogen-bond acceptors (Lipinski definition) is 4. The number of hydrogen-bond donors (Lipinski definition) is 1. The van der Waals surface area contributed by atoms with Crippen LogP contribution in [0.3, 0.4) is 0 Å². The van der Waals surface area contributed by atoms with Gasteiger partial charge in [0, 0.05) is 25.0 Å². The largest absolute Gasteiger partial charge is 0.497 e. The molecule has 0 aliphatic carbocycles. The van der Waals surface area contributed by atoms with Gasteiger partial charge in [-0.2, -0.15) is 5.26 Å². The van der Waals surface area contributed by atoms with E-state index >= 15 is 0 Å². The normalized spacial score (nSPS) is 9.74. The molecule has 2 aromatic rings. The fraction of sp³-hybridized carbons (Fsp3) is 0.200.